The number of urea groups is 1. The second-order valence-corrected chi connectivity index (χ2v) is 8.55. The van der Waals surface area contributed by atoms with Crippen LogP contribution in [0.3, 0.4) is 0 Å². The van der Waals surface area contributed by atoms with E-state index >= 15 is 0 Å². The van der Waals surface area contributed by atoms with Crippen molar-refractivity contribution in [2.75, 3.05) is 6.61 Å². The van der Waals surface area contributed by atoms with Crippen LogP contribution in [-0.4, -0.2) is 40.6 Å². The number of pyridine rings is 1. The largest absolute Gasteiger partial charge is 0.484 e. The molecule has 0 aliphatic carbocycles. The lowest BCUT2D eigenvalue weighted by molar-refractivity contribution is 0.0199. The average Bonchev–Trinajstić information content (AvgIpc) is 2.74. The molecule has 2 fully saturated rings. The van der Waals surface area contributed by atoms with E-state index in [9.17, 15) is 4.79 Å². The predicted octanol–water partition coefficient (Wildman–Crippen LogP) is 3.15. The van der Waals surface area contributed by atoms with Gasteiger partial charge < -0.3 is 20.5 Å². The van der Waals surface area contributed by atoms with Crippen LogP contribution in [0.1, 0.15) is 49.3 Å². The smallest absolute Gasteiger partial charge is 0.312 e. The van der Waals surface area contributed by atoms with Crippen molar-refractivity contribution in [2.24, 2.45) is 5.73 Å². The van der Waals surface area contributed by atoms with Crippen LogP contribution in [0, 0.1) is 0 Å². The van der Waals surface area contributed by atoms with E-state index < -0.39 is 6.03 Å². The first-order chi connectivity index (χ1) is 14.7. The molecule has 0 unspecified atom stereocenters. The Kier molecular flexibility index (Phi) is 5.21. The first kappa shape index (κ1) is 19.2. The van der Waals surface area contributed by atoms with E-state index in [2.05, 4.69) is 39.5 Å². The lowest BCUT2D eigenvalue weighted by Crippen LogP contribution is -2.57. The van der Waals surface area contributed by atoms with E-state index in [1.165, 1.54) is 24.8 Å². The average molecular weight is 409 g/mol. The third kappa shape index (κ3) is 3.94. The number of ether oxygens (including phenoxy) is 2. The molecule has 5 rings (SSSR count). The van der Waals surface area contributed by atoms with Gasteiger partial charge in [-0.05, 0) is 48.9 Å². The molecule has 2 saturated heterocycles. The Morgan fingerprint density at radius 2 is 1.93 bits per heavy atom. The van der Waals surface area contributed by atoms with E-state index in [0.717, 1.165) is 24.9 Å². The van der Waals surface area contributed by atoms with Crippen molar-refractivity contribution in [3.05, 3.63) is 53.7 Å². The van der Waals surface area contributed by atoms with Crippen molar-refractivity contribution in [3.8, 4) is 11.6 Å². The number of nitrogens with zero attached hydrogens (tertiary/aromatic N) is 2. The Balaban J connectivity index is 1.24. The minimum absolute atomic E-state index is 0.142. The van der Waals surface area contributed by atoms with Gasteiger partial charge in [0.05, 0.1) is 0 Å². The number of amides is 2. The maximum Gasteiger partial charge on any atom is 0.312 e. The molecule has 2 bridgehead atoms. The zero-order valence-corrected chi connectivity index (χ0v) is 17.0. The number of fused-ring (bicyclic) bond motifs is 3. The summed E-state index contributed by atoms with van der Waals surface area (Å²) in [7, 11) is 0. The number of nitrogens with one attached hydrogen (secondary N) is 1. The fraction of sp³-hybridized carbons (Fsp3) is 0.478. The van der Waals surface area contributed by atoms with E-state index in [0.29, 0.717) is 30.3 Å². The summed E-state index contributed by atoms with van der Waals surface area (Å²) in [6.07, 6.45) is 7.18. The van der Waals surface area contributed by atoms with Crippen LogP contribution in [0.4, 0.5) is 4.79 Å². The number of hydrogen-bond acceptors (Lipinski definition) is 5. The Hall–Kier alpha value is -2.80. The second-order valence-electron chi connectivity index (χ2n) is 8.55. The van der Waals surface area contributed by atoms with Gasteiger partial charge in [0.1, 0.15) is 6.61 Å². The van der Waals surface area contributed by atoms with Gasteiger partial charge in [-0.3, -0.25) is 4.90 Å². The Labute approximate surface area is 176 Å². The highest BCUT2D eigenvalue weighted by molar-refractivity contribution is 5.72. The molecule has 3 aliphatic heterocycles. The van der Waals surface area contributed by atoms with Crippen LogP contribution < -0.4 is 20.5 Å². The Morgan fingerprint density at radius 1 is 1.17 bits per heavy atom. The number of carbonyl (C=O) groups excluding carboxylic acids is 1. The zero-order valence-electron chi connectivity index (χ0n) is 17.0. The summed E-state index contributed by atoms with van der Waals surface area (Å²) < 4.78 is 11.8. The minimum Gasteiger partial charge on any atom is -0.484 e. The highest BCUT2D eigenvalue weighted by Crippen LogP contribution is 2.36. The predicted molar refractivity (Wildman–Crippen MR) is 112 cm³/mol. The molecule has 3 aliphatic rings. The fourth-order valence-electron chi connectivity index (χ4n) is 5.18. The molecular formula is C23H28N4O3. The standard InChI is InChI=1S/C23H28N4O3/c24-23(28)26-17-11-18-3-1-4-19(12-17)27(18)13-15-6-8-16(9-7-15)21-14-29-20-5-2-10-25-22(20)30-21/h2,5-10,17-19,21H,1,3-4,11-14H2,(H3,24,26,28)/t17-,18-,19+,21-/m1/s1. The molecule has 30 heavy (non-hydrogen) atoms. The van der Waals surface area contributed by atoms with Crippen molar-refractivity contribution >= 4 is 6.03 Å². The van der Waals surface area contributed by atoms with Gasteiger partial charge in [-0.25, -0.2) is 9.78 Å². The summed E-state index contributed by atoms with van der Waals surface area (Å²) in [5.74, 6) is 1.25. The van der Waals surface area contributed by atoms with Crippen LogP contribution in [0.5, 0.6) is 11.6 Å². The summed E-state index contributed by atoms with van der Waals surface area (Å²) >= 11 is 0. The number of benzene rings is 1. The lowest BCUT2D eigenvalue weighted by Gasteiger charge is -2.49. The van der Waals surface area contributed by atoms with Crippen LogP contribution in [0.15, 0.2) is 42.6 Å². The molecule has 3 N–H and O–H groups in total. The molecule has 4 heterocycles. The number of nitrogens with two attached hydrogens (primary N) is 1. The molecule has 0 radical (unpaired) electrons. The van der Waals surface area contributed by atoms with E-state index in [1.54, 1.807) is 6.20 Å². The van der Waals surface area contributed by atoms with Gasteiger partial charge in [0.25, 0.3) is 5.88 Å². The minimum atomic E-state index is -0.408. The summed E-state index contributed by atoms with van der Waals surface area (Å²) in [5.41, 5.74) is 7.74. The third-order valence-corrected chi connectivity index (χ3v) is 6.57. The second kappa shape index (κ2) is 8.14. The molecule has 2 amide bonds. The number of piperidine rings is 2. The third-order valence-electron chi connectivity index (χ3n) is 6.57. The Bertz CT molecular complexity index is 890. The molecule has 0 saturated carbocycles. The number of aromatic nitrogens is 1. The van der Waals surface area contributed by atoms with Crippen LogP contribution in [0.25, 0.3) is 0 Å². The van der Waals surface area contributed by atoms with Crippen LogP contribution in [0.2, 0.25) is 0 Å². The van der Waals surface area contributed by atoms with Crippen molar-refractivity contribution in [3.63, 3.8) is 0 Å². The van der Waals surface area contributed by atoms with Crippen molar-refractivity contribution in [1.29, 1.82) is 0 Å². The van der Waals surface area contributed by atoms with Gasteiger partial charge in [-0.15, -0.1) is 0 Å². The van der Waals surface area contributed by atoms with Gasteiger partial charge in [0.2, 0.25) is 0 Å². The molecule has 1 aromatic carbocycles. The van der Waals surface area contributed by atoms with Crippen molar-refractivity contribution in [2.45, 2.75) is 62.9 Å². The molecule has 7 heteroatoms. The van der Waals surface area contributed by atoms with Gasteiger partial charge in [0, 0.05) is 30.9 Å². The molecule has 7 nitrogen and oxygen atoms in total. The van der Waals surface area contributed by atoms with Gasteiger partial charge in [0.15, 0.2) is 11.9 Å². The number of primary amides is 1. The van der Waals surface area contributed by atoms with Crippen molar-refractivity contribution < 1.29 is 14.3 Å². The number of hydrogen-bond donors (Lipinski definition) is 2. The summed E-state index contributed by atoms with van der Waals surface area (Å²) in [6.45, 7) is 1.42. The fourth-order valence-corrected chi connectivity index (χ4v) is 5.18. The molecular weight excluding hydrogens is 380 g/mol. The summed E-state index contributed by atoms with van der Waals surface area (Å²) in [4.78, 5) is 18.1. The quantitative estimate of drug-likeness (QED) is 0.811. The van der Waals surface area contributed by atoms with E-state index in [4.69, 9.17) is 15.2 Å². The monoisotopic (exact) mass is 408 g/mol. The normalized spacial score (nSPS) is 28.0. The first-order valence-corrected chi connectivity index (χ1v) is 10.8. The van der Waals surface area contributed by atoms with Gasteiger partial charge in [-0.1, -0.05) is 30.7 Å². The molecule has 0 spiro atoms. The van der Waals surface area contributed by atoms with Gasteiger partial charge >= 0.3 is 6.03 Å². The molecule has 1 aromatic heterocycles. The lowest BCUT2D eigenvalue weighted by atomic mass is 9.81. The Morgan fingerprint density at radius 3 is 2.67 bits per heavy atom. The van der Waals surface area contributed by atoms with Crippen LogP contribution >= 0.6 is 0 Å². The number of carbonyl (C=O) groups is 1. The van der Waals surface area contributed by atoms with E-state index in [1.807, 2.05) is 12.1 Å². The first-order valence-electron chi connectivity index (χ1n) is 10.8. The topological polar surface area (TPSA) is 89.7 Å². The maximum absolute atomic E-state index is 11.3. The van der Waals surface area contributed by atoms with Crippen molar-refractivity contribution in [1.82, 2.24) is 15.2 Å². The SMILES string of the molecule is NC(=O)N[C@@H]1C[C@H]2CCC[C@@H](C1)N2Cc1ccc([C@H]2COc3cccnc3O2)cc1. The molecule has 4 atom stereocenters. The van der Waals surface area contributed by atoms with Gasteiger partial charge in [-0.2, -0.15) is 0 Å². The molecule has 2 aromatic rings. The summed E-state index contributed by atoms with van der Waals surface area (Å²) in [5, 5.41) is 2.93. The number of rotatable bonds is 4. The summed E-state index contributed by atoms with van der Waals surface area (Å²) in [6, 6.07) is 13.2. The highest BCUT2D eigenvalue weighted by Gasteiger charge is 2.38. The zero-order chi connectivity index (χ0) is 20.5. The maximum atomic E-state index is 11.3. The molecule has 158 valence electrons. The van der Waals surface area contributed by atoms with E-state index in [-0.39, 0.29) is 12.1 Å². The highest BCUT2D eigenvalue weighted by atomic mass is 16.6. The van der Waals surface area contributed by atoms with Crippen LogP contribution in [-0.2, 0) is 6.54 Å².